The second-order valence-corrected chi connectivity index (χ2v) is 7.81. The van der Waals surface area contributed by atoms with E-state index in [0.717, 1.165) is 44.9 Å². The minimum absolute atomic E-state index is 0.0679. The Morgan fingerprint density at radius 2 is 1.07 bits per heavy atom. The van der Waals surface area contributed by atoms with Gasteiger partial charge in [-0.3, -0.25) is 14.4 Å². The van der Waals surface area contributed by atoms with Crippen LogP contribution >= 0.6 is 0 Å². The van der Waals surface area contributed by atoms with Gasteiger partial charge in [0.2, 0.25) is 11.8 Å². The number of unbranched alkanes of at least 4 members (excludes halogenated alkanes) is 11. The van der Waals surface area contributed by atoms with E-state index in [0.29, 0.717) is 6.42 Å². The minimum atomic E-state index is -1.12. The van der Waals surface area contributed by atoms with Gasteiger partial charge < -0.3 is 20.8 Å². The van der Waals surface area contributed by atoms with Crippen molar-refractivity contribution in [3.05, 3.63) is 0 Å². The van der Waals surface area contributed by atoms with E-state index >= 15 is 0 Å². The summed E-state index contributed by atoms with van der Waals surface area (Å²) in [5, 5.41) is 22.6. The van der Waals surface area contributed by atoms with Gasteiger partial charge in [-0.25, -0.2) is 4.79 Å². The number of rotatable bonds is 20. The van der Waals surface area contributed by atoms with Crippen molar-refractivity contribution in [1.82, 2.24) is 10.6 Å². The highest BCUT2D eigenvalue weighted by molar-refractivity contribution is 5.84. The fraction of sp³-hybridized carbons (Fsp3) is 0.818. The molecular formula is C22H40N2O6. The first-order valence-corrected chi connectivity index (χ1v) is 11.3. The van der Waals surface area contributed by atoms with Gasteiger partial charge in [0.15, 0.2) is 0 Å². The molecule has 1 atom stereocenters. The maximum Gasteiger partial charge on any atom is 0.326 e. The van der Waals surface area contributed by atoms with Gasteiger partial charge in [-0.05, 0) is 19.3 Å². The average molecular weight is 429 g/mol. The minimum Gasteiger partial charge on any atom is -0.481 e. The first-order valence-electron chi connectivity index (χ1n) is 11.3. The highest BCUT2D eigenvalue weighted by Crippen LogP contribution is 2.13. The standard InChI is InChI=1S/C22H40N2O6/c1-23-19(25)17-16-18(22(29)30)24-20(26)14-12-10-8-6-4-2-3-5-7-9-11-13-15-21(27)28/h18H,2-17H2,1H3,(H,23,25)(H,24,26)(H,27,28)(H,29,30). The summed E-state index contributed by atoms with van der Waals surface area (Å²) in [6.07, 6.45) is 13.5. The average Bonchev–Trinajstić information content (AvgIpc) is 2.70. The van der Waals surface area contributed by atoms with E-state index < -0.39 is 18.0 Å². The number of carbonyl (C=O) groups excluding carboxylic acids is 2. The van der Waals surface area contributed by atoms with Crippen molar-refractivity contribution < 1.29 is 29.4 Å². The third kappa shape index (κ3) is 17.9. The first kappa shape index (κ1) is 27.9. The van der Waals surface area contributed by atoms with Crippen molar-refractivity contribution in [2.75, 3.05) is 7.05 Å². The second-order valence-electron chi connectivity index (χ2n) is 7.81. The summed E-state index contributed by atoms with van der Waals surface area (Å²) in [4.78, 5) is 44.7. The van der Waals surface area contributed by atoms with Crippen LogP contribution in [0.3, 0.4) is 0 Å². The van der Waals surface area contributed by atoms with Crippen LogP contribution in [0.15, 0.2) is 0 Å². The molecule has 0 bridgehead atoms. The lowest BCUT2D eigenvalue weighted by atomic mass is 10.0. The molecule has 0 saturated carbocycles. The Labute approximate surface area is 180 Å². The van der Waals surface area contributed by atoms with Crippen LogP contribution in [-0.4, -0.2) is 47.1 Å². The lowest BCUT2D eigenvalue weighted by molar-refractivity contribution is -0.142. The molecule has 8 heteroatoms. The lowest BCUT2D eigenvalue weighted by Gasteiger charge is -2.14. The van der Waals surface area contributed by atoms with E-state index in [1.807, 2.05) is 0 Å². The summed E-state index contributed by atoms with van der Waals surface area (Å²) in [7, 11) is 1.49. The van der Waals surface area contributed by atoms with Gasteiger partial charge >= 0.3 is 11.9 Å². The van der Waals surface area contributed by atoms with E-state index in [1.165, 1.54) is 39.2 Å². The van der Waals surface area contributed by atoms with E-state index in [-0.39, 0.29) is 31.1 Å². The predicted molar refractivity (Wildman–Crippen MR) is 115 cm³/mol. The summed E-state index contributed by atoms with van der Waals surface area (Å²) in [5.74, 6) is -2.35. The maximum atomic E-state index is 11.9. The number of carboxylic acids is 2. The number of hydrogen-bond acceptors (Lipinski definition) is 4. The zero-order valence-electron chi connectivity index (χ0n) is 18.4. The Kier molecular flexibility index (Phi) is 17.5. The zero-order valence-corrected chi connectivity index (χ0v) is 18.4. The molecular weight excluding hydrogens is 388 g/mol. The summed E-state index contributed by atoms with van der Waals surface area (Å²) < 4.78 is 0. The summed E-state index contributed by atoms with van der Waals surface area (Å²) in [5.41, 5.74) is 0. The fourth-order valence-corrected chi connectivity index (χ4v) is 3.25. The quantitative estimate of drug-likeness (QED) is 0.219. The van der Waals surface area contributed by atoms with Crippen LogP contribution in [0.25, 0.3) is 0 Å². The highest BCUT2D eigenvalue weighted by atomic mass is 16.4. The zero-order chi connectivity index (χ0) is 22.6. The van der Waals surface area contributed by atoms with Gasteiger partial charge in [0.1, 0.15) is 6.04 Å². The van der Waals surface area contributed by atoms with Crippen LogP contribution in [0.4, 0.5) is 0 Å². The van der Waals surface area contributed by atoms with Gasteiger partial charge in [0.05, 0.1) is 0 Å². The van der Waals surface area contributed by atoms with Crippen molar-refractivity contribution in [2.45, 2.75) is 109 Å². The molecule has 0 aliphatic carbocycles. The Balaban J connectivity index is 3.54. The third-order valence-corrected chi connectivity index (χ3v) is 5.12. The van der Waals surface area contributed by atoms with Gasteiger partial charge in [-0.1, -0.05) is 64.2 Å². The second kappa shape index (κ2) is 18.9. The number of aliphatic carboxylic acids is 2. The van der Waals surface area contributed by atoms with Gasteiger partial charge in [0, 0.05) is 26.3 Å². The normalized spacial score (nSPS) is 11.6. The molecule has 0 saturated heterocycles. The number of nitrogens with one attached hydrogen (secondary N) is 2. The van der Waals surface area contributed by atoms with Crippen LogP contribution < -0.4 is 10.6 Å². The Bertz CT molecular complexity index is 510. The fourth-order valence-electron chi connectivity index (χ4n) is 3.25. The summed E-state index contributed by atoms with van der Waals surface area (Å²) in [6.45, 7) is 0. The summed E-state index contributed by atoms with van der Waals surface area (Å²) >= 11 is 0. The van der Waals surface area contributed by atoms with Crippen molar-refractivity contribution in [3.8, 4) is 0 Å². The van der Waals surface area contributed by atoms with E-state index in [1.54, 1.807) is 0 Å². The molecule has 0 aliphatic heterocycles. The monoisotopic (exact) mass is 428 g/mol. The molecule has 0 radical (unpaired) electrons. The highest BCUT2D eigenvalue weighted by Gasteiger charge is 2.20. The number of carbonyl (C=O) groups is 4. The molecule has 0 aliphatic rings. The summed E-state index contributed by atoms with van der Waals surface area (Å²) in [6, 6.07) is -1.02. The first-order chi connectivity index (χ1) is 14.4. The molecule has 0 aromatic rings. The van der Waals surface area contributed by atoms with Crippen LogP contribution in [0.5, 0.6) is 0 Å². The molecule has 0 aromatic carbocycles. The molecule has 2 amide bonds. The molecule has 30 heavy (non-hydrogen) atoms. The lowest BCUT2D eigenvalue weighted by Crippen LogP contribution is -2.41. The smallest absolute Gasteiger partial charge is 0.326 e. The molecule has 4 N–H and O–H groups in total. The van der Waals surface area contributed by atoms with Gasteiger partial charge in [-0.2, -0.15) is 0 Å². The van der Waals surface area contributed by atoms with Gasteiger partial charge in [-0.15, -0.1) is 0 Å². The van der Waals surface area contributed by atoms with Crippen LogP contribution in [0, 0.1) is 0 Å². The van der Waals surface area contributed by atoms with Crippen molar-refractivity contribution in [3.63, 3.8) is 0 Å². The number of carboxylic acid groups (broad SMARTS) is 2. The van der Waals surface area contributed by atoms with Crippen LogP contribution in [-0.2, 0) is 19.2 Å². The number of hydrogen-bond donors (Lipinski definition) is 4. The molecule has 174 valence electrons. The topological polar surface area (TPSA) is 133 Å². The molecule has 0 fully saturated rings. The van der Waals surface area contributed by atoms with Crippen LogP contribution in [0.2, 0.25) is 0 Å². The van der Waals surface area contributed by atoms with Crippen molar-refractivity contribution in [2.24, 2.45) is 0 Å². The third-order valence-electron chi connectivity index (χ3n) is 5.12. The largest absolute Gasteiger partial charge is 0.481 e. The van der Waals surface area contributed by atoms with Crippen molar-refractivity contribution >= 4 is 23.8 Å². The Morgan fingerprint density at radius 3 is 1.47 bits per heavy atom. The van der Waals surface area contributed by atoms with E-state index in [9.17, 15) is 19.2 Å². The van der Waals surface area contributed by atoms with Crippen LogP contribution in [0.1, 0.15) is 103 Å². The predicted octanol–water partition coefficient (Wildman–Crippen LogP) is 3.63. The molecule has 0 heterocycles. The molecule has 0 rings (SSSR count). The van der Waals surface area contributed by atoms with Crippen molar-refractivity contribution in [1.29, 1.82) is 0 Å². The van der Waals surface area contributed by atoms with E-state index in [4.69, 9.17) is 10.2 Å². The van der Waals surface area contributed by atoms with E-state index in [2.05, 4.69) is 10.6 Å². The maximum absolute atomic E-state index is 11.9. The molecule has 0 aromatic heterocycles. The molecule has 8 nitrogen and oxygen atoms in total. The molecule has 0 spiro atoms. The Morgan fingerprint density at radius 1 is 0.633 bits per heavy atom. The number of amides is 2. The SMILES string of the molecule is CNC(=O)CCC(NC(=O)CCCCCCCCCCCCCCC(=O)O)C(=O)O. The van der Waals surface area contributed by atoms with Gasteiger partial charge in [0.25, 0.3) is 0 Å². The molecule has 1 unspecified atom stereocenters. The Hall–Kier alpha value is -2.12.